The Hall–Kier alpha value is -3.72. The lowest BCUT2D eigenvalue weighted by Gasteiger charge is -2.20. The van der Waals surface area contributed by atoms with Crippen LogP contribution < -0.4 is 4.72 Å². The van der Waals surface area contributed by atoms with Crippen LogP contribution in [0.15, 0.2) is 83.8 Å². The Kier molecular flexibility index (Phi) is 6.97. The maximum Gasteiger partial charge on any atom is 0.416 e. The zero-order chi connectivity index (χ0) is 27.9. The highest BCUT2D eigenvalue weighted by Gasteiger charge is 2.33. The number of nitrogens with one attached hydrogen (secondary N) is 1. The minimum absolute atomic E-state index is 0.00452. The molecule has 1 aromatic heterocycles. The molecule has 9 heteroatoms. The average Bonchev–Trinajstić information content (AvgIpc) is 3.31. The summed E-state index contributed by atoms with van der Waals surface area (Å²) in [5.41, 5.74) is 4.01. The summed E-state index contributed by atoms with van der Waals surface area (Å²) in [7, 11) is -4.02. The van der Waals surface area contributed by atoms with Crippen molar-refractivity contribution in [3.8, 4) is 11.1 Å². The monoisotopic (exact) mass is 554 g/mol. The zero-order valence-corrected chi connectivity index (χ0v) is 22.1. The predicted molar refractivity (Wildman–Crippen MR) is 143 cm³/mol. The van der Waals surface area contributed by atoms with Crippen LogP contribution in [-0.2, 0) is 22.6 Å². The lowest BCUT2D eigenvalue weighted by atomic mass is 9.85. The standard InChI is InChI=1S/C30H26F4N2O2S/c1-18(2)19-6-8-20(9-7-19)27-17-22(30(32,33)34)11-14-26(27)25-13-10-21-16-23(12-15-24(21)25)39(37,38)36-29-5-3-4-28(31)35-29/h3-9,11-12,14-18,25H,10,13H2,1-2H3,(H,35,36)/t25-/m0/s1. The number of halogens is 4. The third-order valence-corrected chi connectivity index (χ3v) is 8.45. The second-order valence-corrected chi connectivity index (χ2v) is 11.7. The summed E-state index contributed by atoms with van der Waals surface area (Å²) in [6.45, 7) is 4.11. The highest BCUT2D eigenvalue weighted by atomic mass is 32.2. The van der Waals surface area contributed by atoms with E-state index in [4.69, 9.17) is 0 Å². The highest BCUT2D eigenvalue weighted by Crippen LogP contribution is 2.44. The number of rotatable bonds is 6. The van der Waals surface area contributed by atoms with E-state index in [2.05, 4.69) is 23.6 Å². The molecular formula is C30H26F4N2O2S. The first-order chi connectivity index (χ1) is 18.4. The zero-order valence-electron chi connectivity index (χ0n) is 21.3. The fourth-order valence-corrected chi connectivity index (χ4v) is 6.13. The van der Waals surface area contributed by atoms with Gasteiger partial charge in [-0.1, -0.05) is 56.3 Å². The van der Waals surface area contributed by atoms with Crippen molar-refractivity contribution in [3.05, 3.63) is 113 Å². The molecule has 1 aliphatic rings. The van der Waals surface area contributed by atoms with Gasteiger partial charge < -0.3 is 0 Å². The van der Waals surface area contributed by atoms with Crippen LogP contribution in [0.5, 0.6) is 0 Å². The van der Waals surface area contributed by atoms with Crippen LogP contribution in [0.2, 0.25) is 0 Å². The van der Waals surface area contributed by atoms with E-state index in [1.54, 1.807) is 12.1 Å². The summed E-state index contributed by atoms with van der Waals surface area (Å²) >= 11 is 0. The van der Waals surface area contributed by atoms with Gasteiger partial charge in [0.1, 0.15) is 5.82 Å². The van der Waals surface area contributed by atoms with Gasteiger partial charge >= 0.3 is 6.18 Å². The van der Waals surface area contributed by atoms with Crippen LogP contribution in [0.3, 0.4) is 0 Å². The number of hydrogen-bond donors (Lipinski definition) is 1. The molecule has 0 amide bonds. The molecule has 0 saturated heterocycles. The van der Waals surface area contributed by atoms with Crippen LogP contribution in [0.25, 0.3) is 11.1 Å². The Morgan fingerprint density at radius 1 is 0.923 bits per heavy atom. The molecule has 0 radical (unpaired) electrons. The van der Waals surface area contributed by atoms with E-state index in [0.29, 0.717) is 29.9 Å². The van der Waals surface area contributed by atoms with Gasteiger partial charge in [0.2, 0.25) is 5.95 Å². The Bertz CT molecular complexity index is 1630. The van der Waals surface area contributed by atoms with Gasteiger partial charge in [-0.15, -0.1) is 0 Å². The van der Waals surface area contributed by atoms with Gasteiger partial charge in [0.05, 0.1) is 10.5 Å². The summed E-state index contributed by atoms with van der Waals surface area (Å²) in [4.78, 5) is 3.55. The number of sulfonamides is 1. The van der Waals surface area contributed by atoms with Crippen molar-refractivity contribution in [2.24, 2.45) is 0 Å². The predicted octanol–water partition coefficient (Wildman–Crippen LogP) is 7.91. The molecule has 1 atom stereocenters. The van der Waals surface area contributed by atoms with Crippen molar-refractivity contribution >= 4 is 15.8 Å². The average molecular weight is 555 g/mol. The van der Waals surface area contributed by atoms with Crippen LogP contribution in [0.1, 0.15) is 59.9 Å². The number of aromatic nitrogens is 1. The molecule has 4 nitrogen and oxygen atoms in total. The Morgan fingerprint density at radius 3 is 2.31 bits per heavy atom. The fraction of sp³-hybridized carbons (Fsp3) is 0.233. The second kappa shape index (κ2) is 10.1. The van der Waals surface area contributed by atoms with Crippen molar-refractivity contribution in [1.29, 1.82) is 0 Å². The molecule has 0 unspecified atom stereocenters. The van der Waals surface area contributed by atoms with Crippen LogP contribution in [0.4, 0.5) is 23.4 Å². The number of nitrogens with zero attached hydrogens (tertiary/aromatic N) is 1. The number of pyridine rings is 1. The third-order valence-electron chi connectivity index (χ3n) is 7.10. The van der Waals surface area contributed by atoms with Crippen molar-refractivity contribution in [2.75, 3.05) is 4.72 Å². The topological polar surface area (TPSA) is 59.1 Å². The van der Waals surface area contributed by atoms with E-state index in [-0.39, 0.29) is 16.6 Å². The molecule has 0 saturated carbocycles. The smallest absolute Gasteiger partial charge is 0.263 e. The van der Waals surface area contributed by atoms with E-state index < -0.39 is 27.7 Å². The molecule has 0 spiro atoms. The summed E-state index contributed by atoms with van der Waals surface area (Å²) in [5, 5.41) is 0. The van der Waals surface area contributed by atoms with Crippen LogP contribution >= 0.6 is 0 Å². The normalized spacial score (nSPS) is 15.4. The van der Waals surface area contributed by atoms with Gasteiger partial charge in [-0.05, 0) is 88.5 Å². The molecule has 5 rings (SSSR count). The first kappa shape index (κ1) is 26.9. The highest BCUT2D eigenvalue weighted by molar-refractivity contribution is 7.92. The van der Waals surface area contributed by atoms with Crippen LogP contribution in [0, 0.1) is 5.95 Å². The van der Waals surface area contributed by atoms with E-state index in [0.717, 1.165) is 34.4 Å². The Morgan fingerprint density at radius 2 is 1.64 bits per heavy atom. The SMILES string of the molecule is CC(C)c1ccc(-c2cc(C(F)(F)F)ccc2[C@H]2CCc3cc(S(=O)(=O)Nc4cccc(F)n4)ccc32)cc1. The van der Waals surface area contributed by atoms with E-state index in [9.17, 15) is 26.0 Å². The quantitative estimate of drug-likeness (QED) is 0.195. The molecule has 4 aromatic rings. The van der Waals surface area contributed by atoms with Crippen LogP contribution in [-0.4, -0.2) is 13.4 Å². The molecule has 0 aliphatic heterocycles. The molecule has 3 aromatic carbocycles. The van der Waals surface area contributed by atoms with Gasteiger partial charge in [0, 0.05) is 5.92 Å². The number of benzene rings is 3. The van der Waals surface area contributed by atoms with Gasteiger partial charge in [-0.3, -0.25) is 4.72 Å². The molecule has 1 aliphatic carbocycles. The molecule has 0 bridgehead atoms. The van der Waals surface area contributed by atoms with Gasteiger partial charge in [-0.25, -0.2) is 13.4 Å². The molecule has 39 heavy (non-hydrogen) atoms. The fourth-order valence-electron chi connectivity index (χ4n) is 5.08. The van der Waals surface area contributed by atoms with Crippen molar-refractivity contribution in [2.45, 2.75) is 49.6 Å². The van der Waals surface area contributed by atoms with E-state index in [1.165, 1.54) is 30.3 Å². The minimum Gasteiger partial charge on any atom is -0.263 e. The summed E-state index contributed by atoms with van der Waals surface area (Å²) < 4.78 is 82.5. The molecule has 202 valence electrons. The van der Waals surface area contributed by atoms with E-state index >= 15 is 0 Å². The molecule has 0 fully saturated rings. The number of alkyl halides is 3. The molecular weight excluding hydrogens is 528 g/mol. The lowest BCUT2D eigenvalue weighted by Crippen LogP contribution is -2.14. The summed E-state index contributed by atoms with van der Waals surface area (Å²) in [5.74, 6) is -0.848. The molecule has 1 heterocycles. The first-order valence-electron chi connectivity index (χ1n) is 12.5. The maximum absolute atomic E-state index is 13.6. The Balaban J connectivity index is 1.52. The minimum atomic E-state index is -4.48. The van der Waals surface area contributed by atoms with Crippen molar-refractivity contribution < 1.29 is 26.0 Å². The largest absolute Gasteiger partial charge is 0.416 e. The van der Waals surface area contributed by atoms with Gasteiger partial charge in [0.25, 0.3) is 10.0 Å². The third kappa shape index (κ3) is 5.54. The summed E-state index contributed by atoms with van der Waals surface area (Å²) in [6, 6.07) is 20.0. The summed E-state index contributed by atoms with van der Waals surface area (Å²) in [6.07, 6.45) is -3.29. The number of hydrogen-bond acceptors (Lipinski definition) is 3. The number of fused-ring (bicyclic) bond motifs is 1. The maximum atomic E-state index is 13.6. The van der Waals surface area contributed by atoms with E-state index in [1.807, 2.05) is 24.3 Å². The number of aryl methyl sites for hydroxylation is 1. The first-order valence-corrected chi connectivity index (χ1v) is 14.0. The lowest BCUT2D eigenvalue weighted by molar-refractivity contribution is -0.137. The number of anilines is 1. The molecule has 1 N–H and O–H groups in total. The Labute approximate surface area is 224 Å². The van der Waals surface area contributed by atoms with Crippen molar-refractivity contribution in [3.63, 3.8) is 0 Å². The van der Waals surface area contributed by atoms with Gasteiger partial charge in [-0.2, -0.15) is 17.6 Å². The second-order valence-electron chi connectivity index (χ2n) is 9.98. The van der Waals surface area contributed by atoms with Crippen molar-refractivity contribution in [1.82, 2.24) is 4.98 Å². The van der Waals surface area contributed by atoms with Gasteiger partial charge in [0.15, 0.2) is 0 Å².